The molecule has 0 fully saturated rings. The standard InChI is InChI=1S/C16H11BrO5/c17-9-2-4-11-10(6-9)14(18)15(19)16(22-11)8-1-3-12-13(5-8)21-7-20-12/h1-6,15-16,19H,7H2. The Balaban J connectivity index is 1.74. The second-order valence-electron chi connectivity index (χ2n) is 5.10. The van der Waals surface area contributed by atoms with Gasteiger partial charge in [0.05, 0.1) is 5.56 Å². The Kier molecular flexibility index (Phi) is 3.09. The number of hydrogen-bond donors (Lipinski definition) is 1. The van der Waals surface area contributed by atoms with Crippen molar-refractivity contribution in [1.29, 1.82) is 0 Å². The van der Waals surface area contributed by atoms with Crippen LogP contribution in [0.15, 0.2) is 40.9 Å². The molecule has 0 radical (unpaired) electrons. The molecule has 2 atom stereocenters. The Morgan fingerprint density at radius 1 is 1.05 bits per heavy atom. The number of rotatable bonds is 1. The minimum atomic E-state index is -1.26. The molecule has 2 aliphatic rings. The van der Waals surface area contributed by atoms with E-state index in [9.17, 15) is 9.90 Å². The van der Waals surface area contributed by atoms with Crippen LogP contribution >= 0.6 is 15.9 Å². The Labute approximate surface area is 134 Å². The fourth-order valence-electron chi connectivity index (χ4n) is 2.64. The second kappa shape index (κ2) is 5.00. The van der Waals surface area contributed by atoms with Gasteiger partial charge < -0.3 is 19.3 Å². The molecule has 0 spiro atoms. The first-order chi connectivity index (χ1) is 10.6. The van der Waals surface area contributed by atoms with E-state index in [1.54, 1.807) is 36.4 Å². The number of aliphatic hydroxyl groups is 1. The third-order valence-electron chi connectivity index (χ3n) is 3.74. The van der Waals surface area contributed by atoms with E-state index in [-0.39, 0.29) is 12.6 Å². The van der Waals surface area contributed by atoms with Crippen molar-refractivity contribution in [2.24, 2.45) is 0 Å². The average molecular weight is 363 g/mol. The summed E-state index contributed by atoms with van der Waals surface area (Å²) in [5, 5.41) is 10.3. The van der Waals surface area contributed by atoms with Gasteiger partial charge >= 0.3 is 0 Å². The van der Waals surface area contributed by atoms with Gasteiger partial charge in [-0.15, -0.1) is 0 Å². The Morgan fingerprint density at radius 3 is 2.68 bits per heavy atom. The molecule has 2 heterocycles. The molecule has 0 aliphatic carbocycles. The summed E-state index contributed by atoms with van der Waals surface area (Å²) < 4.78 is 17.2. The maximum Gasteiger partial charge on any atom is 0.231 e. The van der Waals surface area contributed by atoms with Gasteiger partial charge in [-0.1, -0.05) is 22.0 Å². The van der Waals surface area contributed by atoms with E-state index < -0.39 is 12.2 Å². The van der Waals surface area contributed by atoms with Crippen LogP contribution in [0.4, 0.5) is 0 Å². The third kappa shape index (κ3) is 2.07. The summed E-state index contributed by atoms with van der Waals surface area (Å²) in [7, 11) is 0. The smallest absolute Gasteiger partial charge is 0.231 e. The summed E-state index contributed by atoms with van der Waals surface area (Å²) in [5.41, 5.74) is 1.04. The number of Topliss-reactive ketones (excluding diaryl/α,β-unsaturated/α-hetero) is 1. The lowest BCUT2D eigenvalue weighted by Crippen LogP contribution is -2.36. The monoisotopic (exact) mass is 362 g/mol. The van der Waals surface area contributed by atoms with Crippen LogP contribution in [0.1, 0.15) is 22.0 Å². The highest BCUT2D eigenvalue weighted by molar-refractivity contribution is 9.10. The quantitative estimate of drug-likeness (QED) is 0.844. The molecule has 112 valence electrons. The summed E-state index contributed by atoms with van der Waals surface area (Å²) in [5.74, 6) is 1.33. The normalized spacial score (nSPS) is 22.2. The molecule has 0 aromatic heterocycles. The van der Waals surface area contributed by atoms with Crippen molar-refractivity contribution in [3.63, 3.8) is 0 Å². The Hall–Kier alpha value is -2.05. The lowest BCUT2D eigenvalue weighted by Gasteiger charge is -2.29. The van der Waals surface area contributed by atoms with Gasteiger partial charge in [-0.3, -0.25) is 4.79 Å². The number of benzene rings is 2. The van der Waals surface area contributed by atoms with Crippen molar-refractivity contribution in [2.75, 3.05) is 6.79 Å². The highest BCUT2D eigenvalue weighted by Crippen LogP contribution is 2.40. The van der Waals surface area contributed by atoms with Gasteiger partial charge in [0.1, 0.15) is 5.75 Å². The summed E-state index contributed by atoms with van der Waals surface area (Å²) in [6, 6.07) is 10.4. The second-order valence-corrected chi connectivity index (χ2v) is 6.02. The number of hydrogen-bond acceptors (Lipinski definition) is 5. The first-order valence-corrected chi connectivity index (χ1v) is 7.51. The van der Waals surface area contributed by atoms with Gasteiger partial charge in [-0.2, -0.15) is 0 Å². The summed E-state index contributed by atoms with van der Waals surface area (Å²) in [6.07, 6.45) is -2.03. The minimum Gasteiger partial charge on any atom is -0.482 e. The lowest BCUT2D eigenvalue weighted by atomic mass is 9.93. The van der Waals surface area contributed by atoms with Gasteiger partial charge in [0.15, 0.2) is 29.5 Å². The number of halogens is 1. The van der Waals surface area contributed by atoms with Crippen LogP contribution in [0.2, 0.25) is 0 Å². The van der Waals surface area contributed by atoms with Gasteiger partial charge in [0.2, 0.25) is 6.79 Å². The largest absolute Gasteiger partial charge is 0.482 e. The molecule has 0 saturated heterocycles. The van der Waals surface area contributed by atoms with E-state index in [0.717, 1.165) is 4.47 Å². The first kappa shape index (κ1) is 13.6. The number of ether oxygens (including phenoxy) is 3. The van der Waals surface area contributed by atoms with Gasteiger partial charge in [0, 0.05) is 4.47 Å². The topological polar surface area (TPSA) is 65.0 Å². The molecule has 6 heteroatoms. The molecule has 22 heavy (non-hydrogen) atoms. The molecule has 2 unspecified atom stereocenters. The number of fused-ring (bicyclic) bond motifs is 2. The molecule has 0 bridgehead atoms. The van der Waals surface area contributed by atoms with E-state index >= 15 is 0 Å². The molecule has 4 rings (SSSR count). The van der Waals surface area contributed by atoms with E-state index in [1.807, 2.05) is 0 Å². The van der Waals surface area contributed by atoms with Crippen LogP contribution in [-0.2, 0) is 0 Å². The van der Waals surface area contributed by atoms with Crippen molar-refractivity contribution < 1.29 is 24.1 Å². The number of carbonyl (C=O) groups is 1. The number of aliphatic hydroxyl groups excluding tert-OH is 1. The van der Waals surface area contributed by atoms with E-state index in [0.29, 0.717) is 28.4 Å². The van der Waals surface area contributed by atoms with Crippen LogP contribution < -0.4 is 14.2 Å². The maximum absolute atomic E-state index is 12.4. The molecule has 2 aromatic carbocycles. The fourth-order valence-corrected chi connectivity index (χ4v) is 3.00. The Morgan fingerprint density at radius 2 is 1.82 bits per heavy atom. The van der Waals surface area contributed by atoms with Crippen LogP contribution in [-0.4, -0.2) is 23.8 Å². The molecular weight excluding hydrogens is 352 g/mol. The summed E-state index contributed by atoms with van der Waals surface area (Å²) in [4.78, 5) is 12.4. The van der Waals surface area contributed by atoms with Crippen molar-refractivity contribution in [3.8, 4) is 17.2 Å². The summed E-state index contributed by atoms with van der Waals surface area (Å²) >= 11 is 3.31. The zero-order chi connectivity index (χ0) is 15.3. The Bertz CT molecular complexity index is 773. The van der Waals surface area contributed by atoms with Crippen LogP contribution in [0.5, 0.6) is 17.2 Å². The highest BCUT2D eigenvalue weighted by Gasteiger charge is 2.37. The maximum atomic E-state index is 12.4. The molecule has 0 amide bonds. The predicted molar refractivity (Wildman–Crippen MR) is 80.4 cm³/mol. The van der Waals surface area contributed by atoms with Crippen molar-refractivity contribution in [3.05, 3.63) is 52.0 Å². The van der Waals surface area contributed by atoms with Gasteiger partial charge in [-0.25, -0.2) is 0 Å². The predicted octanol–water partition coefficient (Wildman–Crippen LogP) is 2.86. The molecular formula is C16H11BrO5. The SMILES string of the molecule is O=C1c2cc(Br)ccc2OC(c2ccc3c(c2)OCO3)C1O. The molecule has 5 nitrogen and oxygen atoms in total. The zero-order valence-electron chi connectivity index (χ0n) is 11.3. The zero-order valence-corrected chi connectivity index (χ0v) is 12.9. The van der Waals surface area contributed by atoms with E-state index in [1.165, 1.54) is 0 Å². The molecule has 0 saturated carbocycles. The van der Waals surface area contributed by atoms with E-state index in [4.69, 9.17) is 14.2 Å². The first-order valence-electron chi connectivity index (χ1n) is 6.71. The highest BCUT2D eigenvalue weighted by atomic mass is 79.9. The number of ketones is 1. The van der Waals surface area contributed by atoms with E-state index in [2.05, 4.69) is 15.9 Å². The minimum absolute atomic E-state index is 0.169. The molecule has 2 aliphatic heterocycles. The van der Waals surface area contributed by atoms with Crippen LogP contribution in [0.25, 0.3) is 0 Å². The number of carbonyl (C=O) groups excluding carboxylic acids is 1. The van der Waals surface area contributed by atoms with Crippen LogP contribution in [0, 0.1) is 0 Å². The lowest BCUT2D eigenvalue weighted by molar-refractivity contribution is 0.0216. The molecule has 1 N–H and O–H groups in total. The summed E-state index contributed by atoms with van der Waals surface area (Å²) in [6.45, 7) is 0.169. The van der Waals surface area contributed by atoms with Gasteiger partial charge in [-0.05, 0) is 35.9 Å². The molecule has 2 aromatic rings. The van der Waals surface area contributed by atoms with Crippen LogP contribution in [0.3, 0.4) is 0 Å². The van der Waals surface area contributed by atoms with Crippen molar-refractivity contribution >= 4 is 21.7 Å². The van der Waals surface area contributed by atoms with Gasteiger partial charge in [0.25, 0.3) is 0 Å². The third-order valence-corrected chi connectivity index (χ3v) is 4.23. The average Bonchev–Trinajstić information content (AvgIpc) is 2.99. The van der Waals surface area contributed by atoms with Crippen molar-refractivity contribution in [1.82, 2.24) is 0 Å². The van der Waals surface area contributed by atoms with Crippen molar-refractivity contribution in [2.45, 2.75) is 12.2 Å². The fraction of sp³-hybridized carbons (Fsp3) is 0.188.